The molecule has 140 valence electrons. The highest BCUT2D eigenvalue weighted by atomic mass is 32.2. The third-order valence-corrected chi connectivity index (χ3v) is 5.56. The molecule has 6 nitrogen and oxygen atoms in total. The van der Waals surface area contributed by atoms with Crippen molar-refractivity contribution in [3.8, 4) is 22.4 Å². The van der Waals surface area contributed by atoms with Crippen LogP contribution in [-0.4, -0.2) is 23.6 Å². The second-order valence-electron chi connectivity index (χ2n) is 6.03. The molecule has 0 unspecified atom stereocenters. The Morgan fingerprint density at radius 1 is 0.929 bits per heavy atom. The van der Waals surface area contributed by atoms with Crippen LogP contribution in [0.4, 0.5) is 10.1 Å². The fourth-order valence-electron chi connectivity index (χ4n) is 2.82. The van der Waals surface area contributed by atoms with Crippen molar-refractivity contribution in [3.63, 3.8) is 0 Å². The van der Waals surface area contributed by atoms with Crippen molar-refractivity contribution in [2.45, 2.75) is 4.90 Å². The van der Waals surface area contributed by atoms with E-state index in [2.05, 4.69) is 19.9 Å². The first-order chi connectivity index (χ1) is 13.5. The van der Waals surface area contributed by atoms with Gasteiger partial charge in [0.1, 0.15) is 5.82 Å². The van der Waals surface area contributed by atoms with Crippen molar-refractivity contribution < 1.29 is 12.8 Å². The number of nitrogens with one attached hydrogen (secondary N) is 2. The van der Waals surface area contributed by atoms with Gasteiger partial charge in [0.15, 0.2) is 0 Å². The number of benzene rings is 2. The average molecular weight is 394 g/mol. The summed E-state index contributed by atoms with van der Waals surface area (Å²) in [7, 11) is -3.83. The monoisotopic (exact) mass is 394 g/mol. The van der Waals surface area contributed by atoms with Gasteiger partial charge in [0.05, 0.1) is 16.8 Å². The minimum absolute atomic E-state index is 0.0154. The van der Waals surface area contributed by atoms with Crippen LogP contribution >= 0.6 is 0 Å². The molecule has 0 saturated heterocycles. The fourth-order valence-corrected chi connectivity index (χ4v) is 3.87. The summed E-state index contributed by atoms with van der Waals surface area (Å²) in [5.41, 5.74) is 3.73. The number of anilines is 1. The molecule has 2 aromatic carbocycles. The number of pyridine rings is 1. The normalized spacial score (nSPS) is 11.3. The van der Waals surface area contributed by atoms with Crippen LogP contribution in [0.15, 0.2) is 84.1 Å². The maximum absolute atomic E-state index is 13.1. The average Bonchev–Trinajstić information content (AvgIpc) is 3.19. The van der Waals surface area contributed by atoms with Crippen LogP contribution in [0.5, 0.6) is 0 Å². The molecule has 0 aliphatic carbocycles. The Morgan fingerprint density at radius 2 is 1.68 bits per heavy atom. The van der Waals surface area contributed by atoms with Gasteiger partial charge in [-0.3, -0.25) is 14.8 Å². The van der Waals surface area contributed by atoms with Crippen molar-refractivity contribution in [1.82, 2.24) is 15.2 Å². The number of rotatable bonds is 5. The molecule has 4 rings (SSSR count). The van der Waals surface area contributed by atoms with E-state index in [0.717, 1.165) is 34.5 Å². The first-order valence-corrected chi connectivity index (χ1v) is 9.84. The molecule has 8 heteroatoms. The van der Waals surface area contributed by atoms with E-state index in [1.807, 2.05) is 18.2 Å². The maximum Gasteiger partial charge on any atom is 0.261 e. The Hall–Kier alpha value is -3.52. The SMILES string of the molecule is O=S(=O)(Nc1cccc(-c2[nH]ncc2-c2ccncc2)c1)c1ccc(F)cc1. The number of aromatic amines is 1. The molecular weight excluding hydrogens is 379 g/mol. The lowest BCUT2D eigenvalue weighted by atomic mass is 10.0. The minimum atomic E-state index is -3.83. The molecule has 0 fully saturated rings. The smallest absolute Gasteiger partial charge is 0.261 e. The topological polar surface area (TPSA) is 87.7 Å². The predicted molar refractivity (Wildman–Crippen MR) is 104 cm³/mol. The van der Waals surface area contributed by atoms with E-state index in [9.17, 15) is 12.8 Å². The highest BCUT2D eigenvalue weighted by molar-refractivity contribution is 7.92. The number of nitrogens with zero attached hydrogens (tertiary/aromatic N) is 2. The Kier molecular flexibility index (Phi) is 4.62. The summed E-state index contributed by atoms with van der Waals surface area (Å²) in [5.74, 6) is -0.496. The molecule has 0 atom stereocenters. The molecule has 0 radical (unpaired) electrons. The third-order valence-electron chi connectivity index (χ3n) is 4.16. The standard InChI is InChI=1S/C20H15FN4O2S/c21-16-4-6-18(7-5-16)28(26,27)25-17-3-1-2-15(12-17)20-19(13-23-24-20)14-8-10-22-11-9-14/h1-13,25H,(H,23,24). The molecule has 0 amide bonds. The van der Waals surface area contributed by atoms with Crippen molar-refractivity contribution in [3.05, 3.63) is 85.1 Å². The molecule has 0 bridgehead atoms. The summed E-state index contributed by atoms with van der Waals surface area (Å²) in [6, 6.07) is 15.4. The summed E-state index contributed by atoms with van der Waals surface area (Å²) >= 11 is 0. The minimum Gasteiger partial charge on any atom is -0.280 e. The van der Waals surface area contributed by atoms with Gasteiger partial charge in [-0.05, 0) is 54.1 Å². The first kappa shape index (κ1) is 17.9. The molecule has 2 aromatic heterocycles. The Labute approximate surface area is 161 Å². The lowest BCUT2D eigenvalue weighted by Crippen LogP contribution is -2.12. The lowest BCUT2D eigenvalue weighted by Gasteiger charge is -2.10. The maximum atomic E-state index is 13.1. The zero-order valence-electron chi connectivity index (χ0n) is 14.5. The third kappa shape index (κ3) is 3.63. The van der Waals surface area contributed by atoms with Crippen LogP contribution in [0.1, 0.15) is 0 Å². The number of hydrogen-bond donors (Lipinski definition) is 2. The van der Waals surface area contributed by atoms with Crippen molar-refractivity contribution in [2.75, 3.05) is 4.72 Å². The van der Waals surface area contributed by atoms with Gasteiger partial charge in [0, 0.05) is 29.2 Å². The van der Waals surface area contributed by atoms with Crippen LogP contribution in [0.3, 0.4) is 0 Å². The van der Waals surface area contributed by atoms with Crippen molar-refractivity contribution in [1.29, 1.82) is 0 Å². The summed E-state index contributed by atoms with van der Waals surface area (Å²) in [5, 5.41) is 7.07. The van der Waals surface area contributed by atoms with Gasteiger partial charge in [-0.15, -0.1) is 0 Å². The number of aromatic nitrogens is 3. The second-order valence-corrected chi connectivity index (χ2v) is 7.72. The summed E-state index contributed by atoms with van der Waals surface area (Å²) in [6.07, 6.45) is 5.10. The molecule has 0 aliphatic heterocycles. The van der Waals surface area contributed by atoms with Gasteiger partial charge in [-0.25, -0.2) is 12.8 Å². The molecule has 4 aromatic rings. The van der Waals surface area contributed by atoms with E-state index in [0.29, 0.717) is 5.69 Å². The Bertz CT molecular complexity index is 1210. The van der Waals surface area contributed by atoms with Crippen LogP contribution in [0, 0.1) is 5.82 Å². The zero-order chi connectivity index (χ0) is 19.6. The van der Waals surface area contributed by atoms with Gasteiger partial charge in [-0.1, -0.05) is 12.1 Å². The predicted octanol–water partition coefficient (Wildman–Crippen LogP) is 4.08. The Morgan fingerprint density at radius 3 is 2.43 bits per heavy atom. The van der Waals surface area contributed by atoms with Gasteiger partial charge < -0.3 is 0 Å². The molecule has 0 saturated carbocycles. The lowest BCUT2D eigenvalue weighted by molar-refractivity contribution is 0.599. The molecule has 0 spiro atoms. The van der Waals surface area contributed by atoms with Crippen molar-refractivity contribution in [2.24, 2.45) is 0 Å². The molecule has 28 heavy (non-hydrogen) atoms. The van der Waals surface area contributed by atoms with E-state index in [-0.39, 0.29) is 4.90 Å². The largest absolute Gasteiger partial charge is 0.280 e. The van der Waals surface area contributed by atoms with Gasteiger partial charge >= 0.3 is 0 Å². The van der Waals surface area contributed by atoms with Crippen LogP contribution in [-0.2, 0) is 10.0 Å². The van der Waals surface area contributed by atoms with Crippen LogP contribution in [0.2, 0.25) is 0 Å². The van der Waals surface area contributed by atoms with Gasteiger partial charge in [-0.2, -0.15) is 5.10 Å². The highest BCUT2D eigenvalue weighted by Crippen LogP contribution is 2.31. The van der Waals surface area contributed by atoms with E-state index in [4.69, 9.17) is 0 Å². The van der Waals surface area contributed by atoms with E-state index in [1.165, 1.54) is 12.1 Å². The van der Waals surface area contributed by atoms with E-state index in [1.54, 1.807) is 36.8 Å². The number of halogens is 1. The number of sulfonamides is 1. The molecule has 2 N–H and O–H groups in total. The second kappa shape index (κ2) is 7.24. The van der Waals surface area contributed by atoms with Gasteiger partial charge in [0.2, 0.25) is 0 Å². The number of H-pyrrole nitrogens is 1. The van der Waals surface area contributed by atoms with E-state index < -0.39 is 15.8 Å². The van der Waals surface area contributed by atoms with E-state index >= 15 is 0 Å². The Balaban J connectivity index is 1.66. The van der Waals surface area contributed by atoms with Crippen molar-refractivity contribution >= 4 is 15.7 Å². The summed E-state index contributed by atoms with van der Waals surface area (Å²) in [4.78, 5) is 4.00. The summed E-state index contributed by atoms with van der Waals surface area (Å²) < 4.78 is 40.7. The fraction of sp³-hybridized carbons (Fsp3) is 0. The van der Waals surface area contributed by atoms with Gasteiger partial charge in [0.25, 0.3) is 10.0 Å². The highest BCUT2D eigenvalue weighted by Gasteiger charge is 2.15. The first-order valence-electron chi connectivity index (χ1n) is 8.35. The summed E-state index contributed by atoms with van der Waals surface area (Å²) in [6.45, 7) is 0. The molecule has 0 aliphatic rings. The zero-order valence-corrected chi connectivity index (χ0v) is 15.3. The molecule has 2 heterocycles. The van der Waals surface area contributed by atoms with Crippen LogP contribution < -0.4 is 4.72 Å². The quantitative estimate of drug-likeness (QED) is 0.534. The molecular formula is C20H15FN4O2S. The van der Waals surface area contributed by atoms with Crippen LogP contribution in [0.25, 0.3) is 22.4 Å². The number of hydrogen-bond acceptors (Lipinski definition) is 4.